The topological polar surface area (TPSA) is 39.2 Å². The highest BCUT2D eigenvalue weighted by molar-refractivity contribution is 8.00. The molecule has 0 N–H and O–H groups in total. The van der Waals surface area contributed by atoms with Crippen LogP contribution in [0.25, 0.3) is 0 Å². The molecule has 0 spiro atoms. The van der Waals surface area contributed by atoms with Gasteiger partial charge in [-0.2, -0.15) is 13.2 Å². The number of hydrogen-bond acceptors (Lipinski definition) is 4. The Balaban J connectivity index is 2.90. The summed E-state index contributed by atoms with van der Waals surface area (Å²) in [5, 5.41) is -0.902. The molecule has 0 aliphatic rings. The summed E-state index contributed by atoms with van der Waals surface area (Å²) in [5.74, 6) is -0.511. The van der Waals surface area contributed by atoms with Gasteiger partial charge in [0.15, 0.2) is 0 Å². The number of alkyl halides is 3. The molecule has 8 heteroatoms. The summed E-state index contributed by atoms with van der Waals surface area (Å²) in [6, 6.07) is 1.59. The lowest BCUT2D eigenvalue weighted by Gasteiger charge is -2.12. The number of hydrogen-bond donors (Lipinski definition) is 0. The fraction of sp³-hybridized carbons (Fsp3) is 0.455. The number of aromatic nitrogens is 1. The van der Waals surface area contributed by atoms with E-state index < -0.39 is 23.0 Å². The molecule has 1 heterocycles. The van der Waals surface area contributed by atoms with Crippen LogP contribution in [0.4, 0.5) is 13.2 Å². The van der Waals surface area contributed by atoms with Crippen molar-refractivity contribution in [2.24, 2.45) is 0 Å². The van der Waals surface area contributed by atoms with Gasteiger partial charge in [-0.3, -0.25) is 4.79 Å². The fourth-order valence-corrected chi connectivity index (χ4v) is 2.32. The van der Waals surface area contributed by atoms with E-state index in [2.05, 4.69) is 4.98 Å². The minimum atomic E-state index is -4.50. The van der Waals surface area contributed by atoms with Crippen molar-refractivity contribution in [1.29, 1.82) is 0 Å². The van der Waals surface area contributed by atoms with E-state index in [-0.39, 0.29) is 16.8 Å². The maximum absolute atomic E-state index is 12.6. The Bertz CT molecular complexity index is 468. The summed E-state index contributed by atoms with van der Waals surface area (Å²) in [5.41, 5.74) is -0.897. The Labute approximate surface area is 117 Å². The molecule has 3 nitrogen and oxygen atoms in total. The quantitative estimate of drug-likeness (QED) is 0.481. The summed E-state index contributed by atoms with van der Waals surface area (Å²) in [4.78, 5) is 15.1. The Morgan fingerprint density at radius 2 is 2.16 bits per heavy atom. The summed E-state index contributed by atoms with van der Waals surface area (Å²) < 4.78 is 42.5. The van der Waals surface area contributed by atoms with E-state index in [0.29, 0.717) is 0 Å². The molecule has 1 aromatic rings. The van der Waals surface area contributed by atoms with E-state index in [9.17, 15) is 18.0 Å². The molecule has 0 fully saturated rings. The van der Waals surface area contributed by atoms with Gasteiger partial charge in [-0.25, -0.2) is 4.98 Å². The third-order valence-electron chi connectivity index (χ3n) is 2.01. The first-order chi connectivity index (χ1) is 8.74. The van der Waals surface area contributed by atoms with Gasteiger partial charge in [-0.05, 0) is 26.0 Å². The minimum Gasteiger partial charge on any atom is -0.465 e. The first kappa shape index (κ1) is 16.1. The van der Waals surface area contributed by atoms with Crippen molar-refractivity contribution in [2.45, 2.75) is 30.3 Å². The molecule has 1 unspecified atom stereocenters. The van der Waals surface area contributed by atoms with E-state index in [4.69, 9.17) is 16.3 Å². The van der Waals surface area contributed by atoms with Crippen LogP contribution >= 0.6 is 23.4 Å². The van der Waals surface area contributed by atoms with E-state index in [0.717, 1.165) is 23.9 Å². The lowest BCUT2D eigenvalue weighted by molar-refractivity contribution is -0.142. The van der Waals surface area contributed by atoms with Crippen LogP contribution < -0.4 is 0 Å². The average molecular weight is 314 g/mol. The van der Waals surface area contributed by atoms with Crippen molar-refractivity contribution in [2.75, 3.05) is 6.61 Å². The molecule has 0 aromatic carbocycles. The van der Waals surface area contributed by atoms with Gasteiger partial charge >= 0.3 is 12.1 Å². The number of esters is 1. The van der Waals surface area contributed by atoms with Gasteiger partial charge in [0, 0.05) is 0 Å². The van der Waals surface area contributed by atoms with Crippen LogP contribution in [0, 0.1) is 0 Å². The molecule has 0 saturated carbocycles. The monoisotopic (exact) mass is 313 g/mol. The zero-order valence-corrected chi connectivity index (χ0v) is 11.7. The molecular formula is C11H11ClF3NO2S. The number of thioether (sulfide) groups is 1. The molecular weight excluding hydrogens is 303 g/mol. The maximum Gasteiger partial charge on any atom is 0.416 e. The fourth-order valence-electron chi connectivity index (χ4n) is 1.19. The molecule has 0 bridgehead atoms. The van der Waals surface area contributed by atoms with E-state index in [1.807, 2.05) is 0 Å². The Morgan fingerprint density at radius 3 is 2.68 bits per heavy atom. The summed E-state index contributed by atoms with van der Waals surface area (Å²) in [6.07, 6.45) is -4.50. The van der Waals surface area contributed by atoms with Gasteiger partial charge in [0.2, 0.25) is 0 Å². The highest BCUT2D eigenvalue weighted by Crippen LogP contribution is 2.34. The summed E-state index contributed by atoms with van der Waals surface area (Å²) >= 11 is 6.41. The Hall–Kier alpha value is -0.950. The molecule has 0 amide bonds. The van der Waals surface area contributed by atoms with Gasteiger partial charge in [0.1, 0.15) is 10.4 Å². The molecule has 0 saturated heterocycles. The van der Waals surface area contributed by atoms with Crippen LogP contribution in [0.5, 0.6) is 0 Å². The second-order valence-electron chi connectivity index (χ2n) is 3.53. The number of ether oxygens (including phenoxy) is 1. The molecule has 1 rings (SSSR count). The average Bonchev–Trinajstić information content (AvgIpc) is 2.27. The molecule has 19 heavy (non-hydrogen) atoms. The van der Waals surface area contributed by atoms with Crippen molar-refractivity contribution in [3.05, 3.63) is 22.8 Å². The van der Waals surface area contributed by atoms with Crippen LogP contribution in [-0.4, -0.2) is 22.8 Å². The number of halogens is 4. The molecule has 106 valence electrons. The second-order valence-corrected chi connectivity index (χ2v) is 5.28. The van der Waals surface area contributed by atoms with Gasteiger partial charge in [0.25, 0.3) is 0 Å². The third kappa shape index (κ3) is 4.91. The highest BCUT2D eigenvalue weighted by atomic mass is 35.5. The van der Waals surface area contributed by atoms with Crippen molar-refractivity contribution in [3.63, 3.8) is 0 Å². The van der Waals surface area contributed by atoms with Crippen LogP contribution in [0.2, 0.25) is 5.15 Å². The zero-order valence-electron chi connectivity index (χ0n) is 10.1. The van der Waals surface area contributed by atoms with Gasteiger partial charge in [-0.1, -0.05) is 23.4 Å². The smallest absolute Gasteiger partial charge is 0.416 e. The highest BCUT2D eigenvalue weighted by Gasteiger charge is 2.32. The van der Waals surface area contributed by atoms with Crippen LogP contribution in [-0.2, 0) is 15.7 Å². The number of pyridine rings is 1. The number of rotatable bonds is 4. The summed E-state index contributed by atoms with van der Waals surface area (Å²) in [6.45, 7) is 3.38. The largest absolute Gasteiger partial charge is 0.465 e. The summed E-state index contributed by atoms with van der Waals surface area (Å²) in [7, 11) is 0. The molecule has 0 aliphatic carbocycles. The first-order valence-electron chi connectivity index (χ1n) is 5.32. The first-order valence-corrected chi connectivity index (χ1v) is 6.58. The van der Waals surface area contributed by atoms with Gasteiger partial charge in [-0.15, -0.1) is 0 Å². The number of nitrogens with zero attached hydrogens (tertiary/aromatic N) is 1. The van der Waals surface area contributed by atoms with Gasteiger partial charge < -0.3 is 4.74 Å². The van der Waals surface area contributed by atoms with Crippen LogP contribution in [0.1, 0.15) is 19.4 Å². The van der Waals surface area contributed by atoms with E-state index in [1.165, 1.54) is 6.92 Å². The number of carbonyl (C=O) groups is 1. The van der Waals surface area contributed by atoms with Crippen molar-refractivity contribution in [3.8, 4) is 0 Å². The second kappa shape index (κ2) is 6.47. The third-order valence-corrected chi connectivity index (χ3v) is 3.20. The van der Waals surface area contributed by atoms with Crippen molar-refractivity contribution >= 4 is 29.3 Å². The maximum atomic E-state index is 12.6. The predicted octanol–water partition coefficient (Wildman–Crippen LogP) is 3.80. The van der Waals surface area contributed by atoms with Crippen LogP contribution in [0.15, 0.2) is 17.2 Å². The van der Waals surface area contributed by atoms with Crippen LogP contribution in [0.3, 0.4) is 0 Å². The zero-order chi connectivity index (χ0) is 14.6. The van der Waals surface area contributed by atoms with Gasteiger partial charge in [0.05, 0.1) is 17.2 Å². The molecule has 0 aliphatic heterocycles. The van der Waals surface area contributed by atoms with Crippen molar-refractivity contribution < 1.29 is 22.7 Å². The predicted molar refractivity (Wildman–Crippen MR) is 66.2 cm³/mol. The number of carbonyl (C=O) groups excluding carboxylic acids is 1. The lowest BCUT2D eigenvalue weighted by atomic mass is 10.3. The molecule has 1 aromatic heterocycles. The minimum absolute atomic E-state index is 0.0281. The standard InChI is InChI=1S/C11H11ClF3NO2S/c1-3-18-10(17)6(2)19-9-5-7(11(13,14)15)4-8(12)16-9/h4-6H,3H2,1-2H3. The Kier molecular flexibility index (Phi) is 5.49. The molecule has 0 radical (unpaired) electrons. The SMILES string of the molecule is CCOC(=O)C(C)Sc1cc(C(F)(F)F)cc(Cl)n1. The molecule has 1 atom stereocenters. The lowest BCUT2D eigenvalue weighted by Crippen LogP contribution is -2.17. The van der Waals surface area contributed by atoms with Crippen molar-refractivity contribution in [1.82, 2.24) is 4.98 Å². The van der Waals surface area contributed by atoms with E-state index >= 15 is 0 Å². The normalized spacial score (nSPS) is 13.2. The van der Waals surface area contributed by atoms with E-state index in [1.54, 1.807) is 6.92 Å². The Morgan fingerprint density at radius 1 is 1.53 bits per heavy atom.